The zero-order chi connectivity index (χ0) is 29.0. The number of amides is 1. The summed E-state index contributed by atoms with van der Waals surface area (Å²) in [6.45, 7) is 13.2. The summed E-state index contributed by atoms with van der Waals surface area (Å²) in [6.07, 6.45) is 11.3. The highest BCUT2D eigenvalue weighted by Gasteiger charge is 2.27. The maximum absolute atomic E-state index is 13.3. The third-order valence-corrected chi connectivity index (χ3v) is 8.95. The van der Waals surface area contributed by atoms with Crippen LogP contribution in [-0.2, 0) is 22.0 Å². The van der Waals surface area contributed by atoms with E-state index in [-0.39, 0.29) is 16.9 Å². The van der Waals surface area contributed by atoms with Gasteiger partial charge in [-0.05, 0) is 38.0 Å². The molecule has 1 N–H and O–H groups in total. The molecule has 0 aromatic carbocycles. The number of carbonyl (C=O) groups is 1. The van der Waals surface area contributed by atoms with Gasteiger partial charge in [-0.15, -0.1) is 0 Å². The summed E-state index contributed by atoms with van der Waals surface area (Å²) in [5.74, 6) is 1.49. The van der Waals surface area contributed by atoms with Gasteiger partial charge in [0.2, 0.25) is 11.9 Å². The molecule has 0 atom stereocenters. The molecule has 1 saturated heterocycles. The summed E-state index contributed by atoms with van der Waals surface area (Å²) < 4.78 is 7.10. The lowest BCUT2D eigenvalue weighted by Crippen LogP contribution is -2.45. The highest BCUT2D eigenvalue weighted by Crippen LogP contribution is 2.29. The second-order valence-electron chi connectivity index (χ2n) is 13.2. The van der Waals surface area contributed by atoms with Gasteiger partial charge in [0.15, 0.2) is 5.52 Å². The third kappa shape index (κ3) is 7.38. The number of morpholine rings is 1. The molecule has 41 heavy (non-hydrogen) atoms. The van der Waals surface area contributed by atoms with E-state index in [2.05, 4.69) is 41.6 Å². The van der Waals surface area contributed by atoms with Crippen molar-refractivity contribution >= 4 is 22.9 Å². The standard InChI is InChI=1S/C31H49N7O3/c1-31(2,3)28-26-27(35(4)34-28)29(40)33-30(32-26)38(21-24-9-6-5-7-10-24)16-13-23-11-8-14-37(15-12-23)25(39)22-36-17-19-41-20-18-36/h11,24H,5-10,12-22H2,1-4H3,(H,32,33,40). The third-order valence-electron chi connectivity index (χ3n) is 8.95. The molecular formula is C31H49N7O3. The summed E-state index contributed by atoms with van der Waals surface area (Å²) in [5.41, 5.74) is 3.13. The molecule has 10 heteroatoms. The molecule has 1 aliphatic carbocycles. The van der Waals surface area contributed by atoms with E-state index in [1.807, 2.05) is 11.9 Å². The summed E-state index contributed by atoms with van der Waals surface area (Å²) in [4.78, 5) is 41.0. The molecule has 1 saturated carbocycles. The largest absolute Gasteiger partial charge is 0.379 e. The summed E-state index contributed by atoms with van der Waals surface area (Å²) in [6, 6.07) is 0. The lowest BCUT2D eigenvalue weighted by Gasteiger charge is -2.31. The number of ether oxygens (including phenoxy) is 1. The number of aryl methyl sites for hydroxylation is 1. The normalized spacial score (nSPS) is 19.8. The highest BCUT2D eigenvalue weighted by molar-refractivity contribution is 5.79. The Kier molecular flexibility index (Phi) is 9.49. The first kappa shape index (κ1) is 29.8. The highest BCUT2D eigenvalue weighted by atomic mass is 16.5. The van der Waals surface area contributed by atoms with Crippen molar-refractivity contribution in [1.29, 1.82) is 0 Å². The fraction of sp³-hybridized carbons (Fsp3) is 0.742. The Morgan fingerprint density at radius 2 is 1.88 bits per heavy atom. The van der Waals surface area contributed by atoms with Crippen molar-refractivity contribution in [2.45, 2.75) is 77.6 Å². The molecule has 2 aromatic rings. The minimum absolute atomic E-state index is 0.132. The minimum Gasteiger partial charge on any atom is -0.379 e. The Bertz CT molecular complexity index is 1280. The molecule has 2 aromatic heterocycles. The van der Waals surface area contributed by atoms with Gasteiger partial charge in [-0.1, -0.05) is 51.7 Å². The number of carbonyl (C=O) groups excluding carboxylic acids is 1. The van der Waals surface area contributed by atoms with Gasteiger partial charge in [-0.2, -0.15) is 5.10 Å². The van der Waals surface area contributed by atoms with E-state index in [0.29, 0.717) is 42.7 Å². The van der Waals surface area contributed by atoms with E-state index in [4.69, 9.17) is 14.8 Å². The van der Waals surface area contributed by atoms with Crippen LogP contribution in [0.4, 0.5) is 5.95 Å². The van der Waals surface area contributed by atoms with Crippen molar-refractivity contribution in [3.05, 3.63) is 27.7 Å². The average Bonchev–Trinajstić information content (AvgIpc) is 3.13. The number of anilines is 1. The fourth-order valence-corrected chi connectivity index (χ4v) is 6.51. The van der Waals surface area contributed by atoms with Crippen molar-refractivity contribution in [3.8, 4) is 0 Å². The molecule has 2 aliphatic heterocycles. The molecule has 1 amide bonds. The topological polar surface area (TPSA) is 99.6 Å². The van der Waals surface area contributed by atoms with E-state index in [0.717, 1.165) is 64.2 Å². The molecule has 0 unspecified atom stereocenters. The van der Waals surface area contributed by atoms with Crippen LogP contribution in [-0.4, -0.2) is 94.5 Å². The SMILES string of the molecule is Cn1nc(C(C)(C)C)c2nc(N(CCC3=CCCN(C(=O)CN4CCOCC4)CC3)CC3CCCCC3)[nH]c(=O)c21. The van der Waals surface area contributed by atoms with E-state index < -0.39 is 0 Å². The van der Waals surface area contributed by atoms with Crippen LogP contribution < -0.4 is 10.5 Å². The Morgan fingerprint density at radius 1 is 1.12 bits per heavy atom. The van der Waals surface area contributed by atoms with Gasteiger partial charge < -0.3 is 14.5 Å². The van der Waals surface area contributed by atoms with Crippen LogP contribution in [0.2, 0.25) is 0 Å². The first-order valence-corrected chi connectivity index (χ1v) is 15.7. The van der Waals surface area contributed by atoms with Crippen molar-refractivity contribution in [2.75, 3.05) is 63.9 Å². The van der Waals surface area contributed by atoms with Crippen LogP contribution in [0.25, 0.3) is 11.0 Å². The van der Waals surface area contributed by atoms with Crippen LogP contribution in [0.3, 0.4) is 0 Å². The lowest BCUT2D eigenvalue weighted by molar-refractivity contribution is -0.133. The maximum Gasteiger partial charge on any atom is 0.278 e. The molecule has 0 bridgehead atoms. The predicted molar refractivity (Wildman–Crippen MR) is 162 cm³/mol. The van der Waals surface area contributed by atoms with Gasteiger partial charge in [0.1, 0.15) is 5.52 Å². The quantitative estimate of drug-likeness (QED) is 0.487. The summed E-state index contributed by atoms with van der Waals surface area (Å²) in [7, 11) is 1.82. The number of nitrogens with zero attached hydrogens (tertiary/aromatic N) is 6. The number of hydrogen-bond donors (Lipinski definition) is 1. The minimum atomic E-state index is -0.220. The van der Waals surface area contributed by atoms with Crippen molar-refractivity contribution in [1.82, 2.24) is 29.5 Å². The van der Waals surface area contributed by atoms with Crippen molar-refractivity contribution in [2.24, 2.45) is 13.0 Å². The number of aromatic nitrogens is 4. The number of H-pyrrole nitrogens is 1. The predicted octanol–water partition coefficient (Wildman–Crippen LogP) is 3.61. The maximum atomic E-state index is 13.3. The molecule has 4 heterocycles. The van der Waals surface area contributed by atoms with Gasteiger partial charge in [0.05, 0.1) is 25.5 Å². The van der Waals surface area contributed by atoms with Crippen LogP contribution in [0.1, 0.15) is 77.8 Å². The number of nitrogens with one attached hydrogen (secondary N) is 1. The molecule has 0 radical (unpaired) electrons. The second kappa shape index (κ2) is 13.1. The lowest BCUT2D eigenvalue weighted by atomic mass is 9.89. The fourth-order valence-electron chi connectivity index (χ4n) is 6.51. The number of rotatable bonds is 8. The monoisotopic (exact) mass is 567 g/mol. The van der Waals surface area contributed by atoms with E-state index in [9.17, 15) is 9.59 Å². The number of fused-ring (bicyclic) bond motifs is 1. The Hall–Kier alpha value is -2.72. The molecule has 3 aliphatic rings. The van der Waals surface area contributed by atoms with Gasteiger partial charge in [0, 0.05) is 51.7 Å². The molecule has 0 spiro atoms. The van der Waals surface area contributed by atoms with Crippen molar-refractivity contribution in [3.63, 3.8) is 0 Å². The van der Waals surface area contributed by atoms with Gasteiger partial charge in [-0.25, -0.2) is 4.98 Å². The Morgan fingerprint density at radius 3 is 2.61 bits per heavy atom. The average molecular weight is 568 g/mol. The molecule has 226 valence electrons. The van der Waals surface area contributed by atoms with E-state index in [1.165, 1.54) is 37.7 Å². The van der Waals surface area contributed by atoms with Crippen molar-refractivity contribution < 1.29 is 9.53 Å². The molecule has 10 nitrogen and oxygen atoms in total. The van der Waals surface area contributed by atoms with Gasteiger partial charge >= 0.3 is 0 Å². The van der Waals surface area contributed by atoms with Crippen LogP contribution in [0, 0.1) is 5.92 Å². The smallest absolute Gasteiger partial charge is 0.278 e. The Balaban J connectivity index is 1.29. The molecule has 5 rings (SSSR count). The number of hydrogen-bond acceptors (Lipinski definition) is 7. The number of aromatic amines is 1. The van der Waals surface area contributed by atoms with Gasteiger partial charge in [-0.3, -0.25) is 24.2 Å². The van der Waals surface area contributed by atoms with Crippen LogP contribution >= 0.6 is 0 Å². The summed E-state index contributed by atoms with van der Waals surface area (Å²) in [5, 5.41) is 4.69. The zero-order valence-electron chi connectivity index (χ0n) is 25.6. The molecular weight excluding hydrogens is 518 g/mol. The molecule has 2 fully saturated rings. The zero-order valence-corrected chi connectivity index (χ0v) is 25.6. The van der Waals surface area contributed by atoms with Crippen LogP contribution in [0.15, 0.2) is 16.4 Å². The first-order chi connectivity index (χ1) is 19.7. The van der Waals surface area contributed by atoms with Crippen LogP contribution in [0.5, 0.6) is 0 Å². The second-order valence-corrected chi connectivity index (χ2v) is 13.2. The first-order valence-electron chi connectivity index (χ1n) is 15.7. The Labute approximate surface area is 244 Å². The van der Waals surface area contributed by atoms with E-state index in [1.54, 1.807) is 4.68 Å². The van der Waals surface area contributed by atoms with Gasteiger partial charge in [0.25, 0.3) is 5.56 Å². The summed E-state index contributed by atoms with van der Waals surface area (Å²) >= 11 is 0. The van der Waals surface area contributed by atoms with E-state index >= 15 is 0 Å².